The van der Waals surface area contributed by atoms with Gasteiger partial charge in [0.15, 0.2) is 15.6 Å². The highest BCUT2D eigenvalue weighted by Gasteiger charge is 2.08. The molecule has 0 aromatic heterocycles. The van der Waals surface area contributed by atoms with E-state index < -0.39 is 9.84 Å². The lowest BCUT2D eigenvalue weighted by Crippen LogP contribution is -2.08. The van der Waals surface area contributed by atoms with Gasteiger partial charge in [-0.1, -0.05) is 27.0 Å². The average Bonchev–Trinajstić information content (AvgIpc) is 2.17. The molecule has 0 unspecified atom stereocenters. The highest BCUT2D eigenvalue weighted by molar-refractivity contribution is 7.94. The number of carbonyl (C=O) groups excluding carboxylic acids is 1. The van der Waals surface area contributed by atoms with Crippen molar-refractivity contribution in [2.24, 2.45) is 5.92 Å². The number of allylic oxidation sites excluding steroid dienone is 1. The second kappa shape index (κ2) is 7.40. The van der Waals surface area contributed by atoms with Crippen molar-refractivity contribution in [3.63, 3.8) is 0 Å². The van der Waals surface area contributed by atoms with Gasteiger partial charge in [0.2, 0.25) is 0 Å². The fourth-order valence-electron chi connectivity index (χ4n) is 0.428. The van der Waals surface area contributed by atoms with Crippen molar-refractivity contribution in [2.75, 3.05) is 0 Å². The maximum Gasteiger partial charge on any atom is 0.173 e. The van der Waals surface area contributed by atoms with Crippen molar-refractivity contribution in [1.29, 1.82) is 0 Å². The topological polar surface area (TPSA) is 51.2 Å². The first-order valence-electron chi connectivity index (χ1n) is 4.71. The normalized spacial score (nSPS) is 10.5. The third-order valence-electron chi connectivity index (χ3n) is 1.66. The van der Waals surface area contributed by atoms with Crippen molar-refractivity contribution >= 4 is 15.6 Å². The van der Waals surface area contributed by atoms with Gasteiger partial charge >= 0.3 is 0 Å². The van der Waals surface area contributed by atoms with E-state index in [0.29, 0.717) is 0 Å². The predicted octanol–water partition coefficient (Wildman–Crippen LogP) is 2.35. The van der Waals surface area contributed by atoms with Crippen LogP contribution in [0, 0.1) is 5.92 Å². The molecule has 0 heterocycles. The molecule has 0 bridgehead atoms. The molecule has 0 rings (SSSR count). The molecule has 0 aliphatic rings. The molecule has 0 spiro atoms. The molecule has 0 fully saturated rings. The van der Waals surface area contributed by atoms with Crippen LogP contribution in [0.15, 0.2) is 24.6 Å². The molecular weight excluding hydrogens is 212 g/mol. The quantitative estimate of drug-likeness (QED) is 0.699. The molecule has 0 atom stereocenters. The van der Waals surface area contributed by atoms with Crippen LogP contribution in [0.2, 0.25) is 0 Å². The number of ketones is 1. The van der Waals surface area contributed by atoms with E-state index in [0.717, 1.165) is 5.41 Å². The number of rotatable bonds is 4. The fraction of sp³-hybridized carbons (Fsp3) is 0.545. The highest BCUT2D eigenvalue weighted by Crippen LogP contribution is 1.99. The van der Waals surface area contributed by atoms with Crippen LogP contribution in [0.25, 0.3) is 0 Å². The maximum atomic E-state index is 10.6. The molecule has 0 aliphatic heterocycles. The van der Waals surface area contributed by atoms with E-state index in [9.17, 15) is 13.2 Å². The van der Waals surface area contributed by atoms with E-state index in [4.69, 9.17) is 0 Å². The van der Waals surface area contributed by atoms with Gasteiger partial charge in [0.25, 0.3) is 0 Å². The first-order chi connectivity index (χ1) is 6.68. The molecule has 0 radical (unpaired) electrons. The number of sulfone groups is 1. The van der Waals surface area contributed by atoms with Crippen LogP contribution < -0.4 is 0 Å². The summed E-state index contributed by atoms with van der Waals surface area (Å²) in [5, 5.41) is 0.650. The van der Waals surface area contributed by atoms with E-state index in [1.807, 2.05) is 13.8 Å². The Morgan fingerprint density at radius 2 is 1.53 bits per heavy atom. The van der Waals surface area contributed by atoms with Crippen molar-refractivity contribution in [1.82, 2.24) is 0 Å². The second-order valence-corrected chi connectivity index (χ2v) is 6.02. The molecule has 0 N–H and O–H groups in total. The lowest BCUT2D eigenvalue weighted by atomic mass is 10.1. The van der Waals surface area contributed by atoms with E-state index >= 15 is 0 Å². The minimum atomic E-state index is -2.97. The maximum absolute atomic E-state index is 10.6. The van der Waals surface area contributed by atoms with Gasteiger partial charge in [0.1, 0.15) is 0 Å². The van der Waals surface area contributed by atoms with Crippen LogP contribution in [0.4, 0.5) is 0 Å². The molecule has 0 aromatic carbocycles. The van der Waals surface area contributed by atoms with Crippen LogP contribution >= 0.6 is 0 Å². The Labute approximate surface area is 92.8 Å². The van der Waals surface area contributed by atoms with Gasteiger partial charge in [-0.3, -0.25) is 4.79 Å². The predicted molar refractivity (Wildman–Crippen MR) is 64.3 cm³/mol. The van der Waals surface area contributed by atoms with Gasteiger partial charge in [-0.05, 0) is 19.9 Å². The van der Waals surface area contributed by atoms with Crippen LogP contribution in [-0.2, 0) is 14.6 Å². The first-order valence-corrected chi connectivity index (χ1v) is 6.32. The van der Waals surface area contributed by atoms with Crippen LogP contribution in [-0.4, -0.2) is 19.5 Å². The molecule has 0 aromatic rings. The van der Waals surface area contributed by atoms with Crippen molar-refractivity contribution in [3.05, 3.63) is 24.6 Å². The van der Waals surface area contributed by atoms with Gasteiger partial charge in [-0.2, -0.15) is 0 Å². The summed E-state index contributed by atoms with van der Waals surface area (Å²) in [4.78, 5) is 10.4. The minimum absolute atomic E-state index is 0.109. The minimum Gasteiger partial charge on any atom is -0.295 e. The SMILES string of the molecule is C=CC(=O)C(C)C.C=CS(=O)(=O)C(C)C. The molecule has 4 heteroatoms. The largest absolute Gasteiger partial charge is 0.295 e. The molecule has 0 aliphatic carbocycles. The van der Waals surface area contributed by atoms with Crippen molar-refractivity contribution < 1.29 is 13.2 Å². The van der Waals surface area contributed by atoms with E-state index in [-0.39, 0.29) is 17.0 Å². The standard InChI is InChI=1S/C6H10O.C5H10O2S/c1-4-6(7)5(2)3;1-4-8(6,7)5(2)3/h4-5H,1H2,2-3H3;4-5H,1H2,2-3H3. The molecule has 0 saturated carbocycles. The summed E-state index contributed by atoms with van der Waals surface area (Å²) >= 11 is 0. The molecule has 88 valence electrons. The zero-order valence-corrected chi connectivity index (χ0v) is 10.7. The molecule has 0 saturated heterocycles. The van der Waals surface area contributed by atoms with Gasteiger partial charge in [-0.15, -0.1) is 0 Å². The third kappa shape index (κ3) is 8.12. The zero-order chi connectivity index (χ0) is 12.6. The van der Waals surface area contributed by atoms with Crippen LogP contribution in [0.3, 0.4) is 0 Å². The monoisotopic (exact) mass is 232 g/mol. The summed E-state index contributed by atoms with van der Waals surface area (Å²) in [6, 6.07) is 0. The number of hydrogen-bond acceptors (Lipinski definition) is 3. The van der Waals surface area contributed by atoms with Gasteiger partial charge < -0.3 is 0 Å². The number of hydrogen-bond donors (Lipinski definition) is 0. The first kappa shape index (κ1) is 16.5. The Hall–Kier alpha value is -0.900. The summed E-state index contributed by atoms with van der Waals surface area (Å²) < 4.78 is 21.2. The van der Waals surface area contributed by atoms with Crippen molar-refractivity contribution in [2.45, 2.75) is 32.9 Å². The molecule has 15 heavy (non-hydrogen) atoms. The van der Waals surface area contributed by atoms with E-state index in [1.54, 1.807) is 13.8 Å². The summed E-state index contributed by atoms with van der Waals surface area (Å²) in [5.74, 6) is 0.220. The van der Waals surface area contributed by atoms with Crippen LogP contribution in [0.1, 0.15) is 27.7 Å². The van der Waals surface area contributed by atoms with Gasteiger partial charge in [-0.25, -0.2) is 8.42 Å². The van der Waals surface area contributed by atoms with Gasteiger partial charge in [0.05, 0.1) is 5.25 Å². The Balaban J connectivity index is 0. The fourth-order valence-corrected chi connectivity index (χ4v) is 0.813. The number of carbonyl (C=O) groups is 1. The van der Waals surface area contributed by atoms with Crippen LogP contribution in [0.5, 0.6) is 0 Å². The zero-order valence-electron chi connectivity index (χ0n) is 9.86. The summed E-state index contributed by atoms with van der Waals surface area (Å²) in [6.45, 7) is 13.4. The Morgan fingerprint density at radius 1 is 1.13 bits per heavy atom. The average molecular weight is 232 g/mol. The second-order valence-electron chi connectivity index (χ2n) is 3.57. The molecule has 3 nitrogen and oxygen atoms in total. The summed E-state index contributed by atoms with van der Waals surface area (Å²) in [7, 11) is -2.97. The lowest BCUT2D eigenvalue weighted by molar-refractivity contribution is -0.117. The third-order valence-corrected chi connectivity index (χ3v) is 3.44. The summed E-state index contributed by atoms with van der Waals surface area (Å²) in [5.41, 5.74) is 0. The summed E-state index contributed by atoms with van der Waals surface area (Å²) in [6.07, 6.45) is 1.35. The van der Waals surface area contributed by atoms with E-state index in [2.05, 4.69) is 13.2 Å². The highest BCUT2D eigenvalue weighted by atomic mass is 32.2. The Morgan fingerprint density at radius 3 is 1.53 bits per heavy atom. The molecule has 0 amide bonds. The lowest BCUT2D eigenvalue weighted by Gasteiger charge is -1.97. The Kier molecular flexibility index (Phi) is 8.15. The van der Waals surface area contributed by atoms with Crippen molar-refractivity contribution in [3.8, 4) is 0 Å². The van der Waals surface area contributed by atoms with E-state index in [1.165, 1.54) is 6.08 Å². The molecular formula is C11H20O3S. The Bertz CT molecular complexity index is 311. The smallest absolute Gasteiger partial charge is 0.173 e. The van der Waals surface area contributed by atoms with Gasteiger partial charge in [0, 0.05) is 11.3 Å².